The lowest BCUT2D eigenvalue weighted by molar-refractivity contribution is 0.262. The molecule has 32 heavy (non-hydrogen) atoms. The average Bonchev–Trinajstić information content (AvgIpc) is 3.30. The third kappa shape index (κ3) is 4.67. The molecule has 11 heteroatoms. The summed E-state index contributed by atoms with van der Waals surface area (Å²) >= 11 is 0. The van der Waals surface area contributed by atoms with E-state index in [4.69, 9.17) is 0 Å². The molecule has 2 aromatic heterocycles. The van der Waals surface area contributed by atoms with Crippen LogP contribution in [-0.4, -0.2) is 25.6 Å². The summed E-state index contributed by atoms with van der Waals surface area (Å²) in [4.78, 5) is 24.8. The number of aromatic nitrogens is 4. The Labute approximate surface area is 180 Å². The Hall–Kier alpha value is -4.41. The molecule has 0 spiro atoms. The first-order valence-electron chi connectivity index (χ1n) is 9.31. The fourth-order valence-electron chi connectivity index (χ4n) is 2.83. The SMILES string of the molecule is Cc1nc(Nc2ccc(NC(=O)Nc3ccc(F)c(F)c3F)cc2)cc(-n2ccnc2)n1. The zero-order valence-electron chi connectivity index (χ0n) is 16.6. The molecule has 162 valence electrons. The topological polar surface area (TPSA) is 96.8 Å². The van der Waals surface area contributed by atoms with E-state index >= 15 is 0 Å². The predicted octanol–water partition coefficient (Wildman–Crippen LogP) is 4.78. The van der Waals surface area contributed by atoms with E-state index < -0.39 is 29.2 Å². The van der Waals surface area contributed by atoms with Gasteiger partial charge in [-0.3, -0.25) is 4.57 Å². The molecule has 2 heterocycles. The lowest BCUT2D eigenvalue weighted by atomic mass is 10.2. The van der Waals surface area contributed by atoms with Crippen LogP contribution in [0.2, 0.25) is 0 Å². The summed E-state index contributed by atoms with van der Waals surface area (Å²) in [6, 6.07) is 9.20. The zero-order chi connectivity index (χ0) is 22.7. The van der Waals surface area contributed by atoms with E-state index in [0.29, 0.717) is 28.8 Å². The monoisotopic (exact) mass is 439 g/mol. The molecule has 0 radical (unpaired) electrons. The van der Waals surface area contributed by atoms with E-state index in [1.54, 1.807) is 60.5 Å². The summed E-state index contributed by atoms with van der Waals surface area (Å²) in [5.41, 5.74) is 0.610. The molecule has 2 aromatic carbocycles. The van der Waals surface area contributed by atoms with Gasteiger partial charge in [-0.2, -0.15) is 0 Å². The van der Waals surface area contributed by atoms with Gasteiger partial charge in [0.25, 0.3) is 0 Å². The fraction of sp³-hybridized carbons (Fsp3) is 0.0476. The Morgan fingerprint density at radius 3 is 2.41 bits per heavy atom. The molecule has 0 atom stereocenters. The summed E-state index contributed by atoms with van der Waals surface area (Å²) in [6.45, 7) is 1.77. The van der Waals surface area contributed by atoms with Gasteiger partial charge in [0.15, 0.2) is 17.5 Å². The van der Waals surface area contributed by atoms with Crippen LogP contribution in [0, 0.1) is 24.4 Å². The van der Waals surface area contributed by atoms with Crippen LogP contribution in [0.25, 0.3) is 5.82 Å². The van der Waals surface area contributed by atoms with Crippen molar-refractivity contribution in [1.29, 1.82) is 0 Å². The number of hydrogen-bond acceptors (Lipinski definition) is 5. The van der Waals surface area contributed by atoms with Gasteiger partial charge in [-0.25, -0.2) is 32.9 Å². The average molecular weight is 439 g/mol. The number of carbonyl (C=O) groups excluding carboxylic acids is 1. The summed E-state index contributed by atoms with van der Waals surface area (Å²) in [7, 11) is 0. The van der Waals surface area contributed by atoms with E-state index in [1.807, 2.05) is 0 Å². The Balaban J connectivity index is 1.42. The predicted molar refractivity (Wildman–Crippen MR) is 113 cm³/mol. The maximum Gasteiger partial charge on any atom is 0.323 e. The van der Waals surface area contributed by atoms with Gasteiger partial charge in [-0.05, 0) is 43.3 Å². The number of imidazole rings is 1. The molecule has 8 nitrogen and oxygen atoms in total. The van der Waals surface area contributed by atoms with Crippen molar-refractivity contribution in [1.82, 2.24) is 19.5 Å². The smallest absolute Gasteiger partial charge is 0.323 e. The fourth-order valence-corrected chi connectivity index (χ4v) is 2.83. The molecule has 0 aliphatic carbocycles. The largest absolute Gasteiger partial charge is 0.340 e. The molecule has 0 aliphatic rings. The molecular formula is C21H16F3N7O. The molecule has 4 rings (SSSR count). The second kappa shape index (κ2) is 8.76. The number of nitrogens with one attached hydrogen (secondary N) is 3. The van der Waals surface area contributed by atoms with Crippen LogP contribution < -0.4 is 16.0 Å². The van der Waals surface area contributed by atoms with Crippen LogP contribution in [0.1, 0.15) is 5.82 Å². The number of anilines is 4. The third-order valence-electron chi connectivity index (χ3n) is 4.29. The highest BCUT2D eigenvalue weighted by molar-refractivity contribution is 5.99. The maximum absolute atomic E-state index is 13.7. The molecule has 0 saturated carbocycles. The molecule has 4 aromatic rings. The number of carbonyl (C=O) groups is 1. The Morgan fingerprint density at radius 2 is 1.69 bits per heavy atom. The van der Waals surface area contributed by atoms with Gasteiger partial charge >= 0.3 is 6.03 Å². The molecule has 0 aliphatic heterocycles. The maximum atomic E-state index is 13.7. The van der Waals surface area contributed by atoms with Crippen molar-refractivity contribution >= 4 is 28.9 Å². The number of nitrogens with zero attached hydrogens (tertiary/aromatic N) is 4. The highest BCUT2D eigenvalue weighted by Crippen LogP contribution is 2.21. The number of rotatable bonds is 5. The van der Waals surface area contributed by atoms with Crippen LogP contribution in [0.4, 0.5) is 40.8 Å². The molecule has 2 amide bonds. The minimum Gasteiger partial charge on any atom is -0.340 e. The summed E-state index contributed by atoms with van der Waals surface area (Å²) in [5, 5.41) is 7.76. The molecule has 0 unspecified atom stereocenters. The van der Waals surface area contributed by atoms with Gasteiger partial charge in [-0.15, -0.1) is 0 Å². The van der Waals surface area contributed by atoms with Crippen LogP contribution in [0.15, 0.2) is 61.2 Å². The van der Waals surface area contributed by atoms with Gasteiger partial charge in [0.05, 0.1) is 5.69 Å². The van der Waals surface area contributed by atoms with Crippen LogP contribution in [0.5, 0.6) is 0 Å². The van der Waals surface area contributed by atoms with Crippen molar-refractivity contribution in [3.63, 3.8) is 0 Å². The minimum atomic E-state index is -1.66. The van der Waals surface area contributed by atoms with Gasteiger partial charge in [0, 0.05) is 29.8 Å². The van der Waals surface area contributed by atoms with Crippen LogP contribution in [-0.2, 0) is 0 Å². The first-order chi connectivity index (χ1) is 15.4. The van der Waals surface area contributed by atoms with Gasteiger partial charge in [0.1, 0.15) is 23.8 Å². The van der Waals surface area contributed by atoms with Crippen molar-refractivity contribution in [2.24, 2.45) is 0 Å². The summed E-state index contributed by atoms with van der Waals surface area (Å²) < 4.78 is 41.7. The summed E-state index contributed by atoms with van der Waals surface area (Å²) in [6.07, 6.45) is 5.04. The standard InChI is InChI=1S/C21H16F3N7O/c1-12-26-17(10-18(27-12)31-9-8-25-11-31)28-13-2-4-14(5-3-13)29-21(32)30-16-7-6-15(22)19(23)20(16)24/h2-11H,1H3,(H,26,27,28)(H2,29,30,32). The molecule has 3 N–H and O–H groups in total. The number of benzene rings is 2. The lowest BCUT2D eigenvalue weighted by Crippen LogP contribution is -2.20. The van der Waals surface area contributed by atoms with E-state index in [9.17, 15) is 18.0 Å². The van der Waals surface area contributed by atoms with Crippen LogP contribution in [0.3, 0.4) is 0 Å². The van der Waals surface area contributed by atoms with Gasteiger partial charge in [0.2, 0.25) is 0 Å². The number of hydrogen-bond donors (Lipinski definition) is 3. The molecule has 0 saturated heterocycles. The van der Waals surface area contributed by atoms with Crippen molar-refractivity contribution in [3.05, 3.63) is 84.5 Å². The first-order valence-corrected chi connectivity index (χ1v) is 9.31. The Bertz CT molecular complexity index is 1260. The quantitative estimate of drug-likeness (QED) is 0.389. The van der Waals surface area contributed by atoms with E-state index in [1.165, 1.54) is 0 Å². The minimum absolute atomic E-state index is 0.397. The van der Waals surface area contributed by atoms with Crippen molar-refractivity contribution in [2.75, 3.05) is 16.0 Å². The van der Waals surface area contributed by atoms with E-state index in [-0.39, 0.29) is 0 Å². The number of halogens is 3. The molecular weight excluding hydrogens is 423 g/mol. The van der Waals surface area contributed by atoms with Gasteiger partial charge < -0.3 is 16.0 Å². The second-order valence-electron chi connectivity index (χ2n) is 6.63. The molecule has 0 bridgehead atoms. The molecule has 0 fully saturated rings. The van der Waals surface area contributed by atoms with E-state index in [0.717, 1.165) is 12.1 Å². The first kappa shape index (κ1) is 20.8. The lowest BCUT2D eigenvalue weighted by Gasteiger charge is -2.11. The number of urea groups is 1. The van der Waals surface area contributed by atoms with E-state index in [2.05, 4.69) is 30.9 Å². The van der Waals surface area contributed by atoms with Gasteiger partial charge in [-0.1, -0.05) is 0 Å². The normalized spacial score (nSPS) is 10.6. The highest BCUT2D eigenvalue weighted by Gasteiger charge is 2.15. The third-order valence-corrected chi connectivity index (χ3v) is 4.29. The Kier molecular flexibility index (Phi) is 5.71. The zero-order valence-corrected chi connectivity index (χ0v) is 16.6. The summed E-state index contributed by atoms with van der Waals surface area (Å²) in [5.74, 6) is -2.69. The second-order valence-corrected chi connectivity index (χ2v) is 6.63. The van der Waals surface area contributed by atoms with Crippen molar-refractivity contribution < 1.29 is 18.0 Å². The van der Waals surface area contributed by atoms with Crippen molar-refractivity contribution in [2.45, 2.75) is 6.92 Å². The highest BCUT2D eigenvalue weighted by atomic mass is 19.2. The van der Waals surface area contributed by atoms with Crippen molar-refractivity contribution in [3.8, 4) is 5.82 Å². The Morgan fingerprint density at radius 1 is 0.938 bits per heavy atom. The number of aryl methyl sites for hydroxylation is 1. The number of amides is 2. The van der Waals surface area contributed by atoms with Crippen LogP contribution >= 0.6 is 0 Å².